The van der Waals surface area contributed by atoms with Crippen LogP contribution in [0.3, 0.4) is 0 Å². The molecule has 0 saturated carbocycles. The first-order chi connectivity index (χ1) is 16.6. The normalized spacial score (nSPS) is 15.7. The monoisotopic (exact) mass is 492 g/mol. The molecule has 1 aliphatic heterocycles. The summed E-state index contributed by atoms with van der Waals surface area (Å²) < 4.78 is 59.4. The molecule has 1 aliphatic rings. The number of cyclic esters (lactones) is 1. The Bertz CT molecular complexity index is 1230. The number of amides is 2. The van der Waals surface area contributed by atoms with Gasteiger partial charge in [-0.05, 0) is 30.3 Å². The van der Waals surface area contributed by atoms with Crippen LogP contribution in [-0.4, -0.2) is 45.7 Å². The maximum Gasteiger partial charge on any atom is 0.417 e. The van der Waals surface area contributed by atoms with Crippen LogP contribution in [0.4, 0.5) is 33.9 Å². The third-order valence-corrected chi connectivity index (χ3v) is 5.15. The van der Waals surface area contributed by atoms with Crippen LogP contribution in [-0.2, 0) is 22.3 Å². The van der Waals surface area contributed by atoms with Gasteiger partial charge in [0.05, 0.1) is 48.6 Å². The lowest BCUT2D eigenvalue weighted by molar-refractivity contribution is -0.137. The van der Waals surface area contributed by atoms with Gasteiger partial charge in [-0.15, -0.1) is 0 Å². The van der Waals surface area contributed by atoms with Crippen molar-refractivity contribution in [2.45, 2.75) is 25.7 Å². The number of nitrogens with one attached hydrogen (secondary N) is 2. The van der Waals surface area contributed by atoms with E-state index in [0.29, 0.717) is 11.4 Å². The summed E-state index contributed by atoms with van der Waals surface area (Å²) in [6.07, 6.45) is -1.97. The number of benzene rings is 1. The molecule has 3 aromatic rings. The van der Waals surface area contributed by atoms with Crippen molar-refractivity contribution in [2.24, 2.45) is 0 Å². The first-order valence-corrected chi connectivity index (χ1v) is 10.4. The minimum atomic E-state index is -4.46. The second-order valence-corrected chi connectivity index (χ2v) is 7.74. The van der Waals surface area contributed by atoms with Crippen molar-refractivity contribution in [3.63, 3.8) is 0 Å². The molecule has 35 heavy (non-hydrogen) atoms. The number of pyridine rings is 1. The van der Waals surface area contributed by atoms with Crippen molar-refractivity contribution >= 4 is 23.5 Å². The SMILES string of the molecule is CC(=O)NC[C@H]1CN(c2ccc(-n3cnc(CNc4ccc(C(F)(F)F)cn4)c3)c(F)c2)C(=O)O1. The largest absolute Gasteiger partial charge is 0.442 e. The van der Waals surface area contributed by atoms with Crippen LogP contribution in [0.2, 0.25) is 0 Å². The fourth-order valence-corrected chi connectivity index (χ4v) is 3.40. The average Bonchev–Trinajstić information content (AvgIpc) is 3.42. The molecule has 2 N–H and O–H groups in total. The molecule has 0 spiro atoms. The second-order valence-electron chi connectivity index (χ2n) is 7.74. The highest BCUT2D eigenvalue weighted by Crippen LogP contribution is 2.29. The van der Waals surface area contributed by atoms with Crippen molar-refractivity contribution in [1.29, 1.82) is 0 Å². The van der Waals surface area contributed by atoms with Gasteiger partial charge in [0.1, 0.15) is 17.7 Å². The standard InChI is InChI=1S/C22H20F4N6O3/c1-13(33)27-9-17-11-32(21(34)35-17)16-3-4-19(18(23)6-16)31-10-15(30-12-31)8-29-20-5-2-14(7-28-20)22(24,25)26/h2-7,10,12,17H,8-9,11H2,1H3,(H,27,33)(H,28,29)/t17-/m0/s1. The van der Waals surface area contributed by atoms with Crippen molar-refractivity contribution in [2.75, 3.05) is 23.3 Å². The Labute approximate surface area is 196 Å². The van der Waals surface area contributed by atoms with E-state index in [1.165, 1.54) is 40.9 Å². The first-order valence-electron chi connectivity index (χ1n) is 10.4. The van der Waals surface area contributed by atoms with Crippen LogP contribution in [0.1, 0.15) is 18.2 Å². The van der Waals surface area contributed by atoms with Gasteiger partial charge in [-0.25, -0.2) is 19.2 Å². The molecule has 1 atom stereocenters. The van der Waals surface area contributed by atoms with E-state index < -0.39 is 29.8 Å². The number of ether oxygens (including phenoxy) is 1. The van der Waals surface area contributed by atoms with Crippen molar-refractivity contribution in [1.82, 2.24) is 19.9 Å². The summed E-state index contributed by atoms with van der Waals surface area (Å²) in [6.45, 7) is 1.83. The zero-order valence-electron chi connectivity index (χ0n) is 18.3. The summed E-state index contributed by atoms with van der Waals surface area (Å²) in [6, 6.07) is 6.37. The number of aromatic nitrogens is 3. The minimum Gasteiger partial charge on any atom is -0.442 e. The van der Waals surface area contributed by atoms with Gasteiger partial charge in [0, 0.05) is 19.3 Å². The summed E-state index contributed by atoms with van der Waals surface area (Å²) in [5, 5.41) is 5.43. The Kier molecular flexibility index (Phi) is 6.58. The molecule has 2 aromatic heterocycles. The quantitative estimate of drug-likeness (QED) is 0.490. The fourth-order valence-electron chi connectivity index (χ4n) is 3.40. The van der Waals surface area contributed by atoms with Crippen LogP contribution in [0, 0.1) is 5.82 Å². The van der Waals surface area contributed by atoms with Gasteiger partial charge in [0.15, 0.2) is 0 Å². The predicted molar refractivity (Wildman–Crippen MR) is 116 cm³/mol. The Balaban J connectivity index is 1.39. The van der Waals surface area contributed by atoms with Gasteiger partial charge in [0.2, 0.25) is 5.91 Å². The minimum absolute atomic E-state index is 0.153. The molecule has 184 valence electrons. The van der Waals surface area contributed by atoms with Gasteiger partial charge in [-0.2, -0.15) is 13.2 Å². The molecule has 3 heterocycles. The molecule has 4 rings (SSSR count). The van der Waals surface area contributed by atoms with Crippen molar-refractivity contribution in [3.05, 3.63) is 66.1 Å². The van der Waals surface area contributed by atoms with Gasteiger partial charge in [0.25, 0.3) is 0 Å². The lowest BCUT2D eigenvalue weighted by atomic mass is 10.2. The summed E-state index contributed by atoms with van der Waals surface area (Å²) in [4.78, 5) is 32.4. The number of nitrogens with zero attached hydrogens (tertiary/aromatic N) is 4. The van der Waals surface area contributed by atoms with E-state index in [2.05, 4.69) is 20.6 Å². The molecule has 13 heteroatoms. The maximum absolute atomic E-state index is 14.9. The number of hydrogen-bond donors (Lipinski definition) is 2. The number of halogens is 4. The molecular weight excluding hydrogens is 472 g/mol. The molecule has 2 amide bonds. The molecule has 1 aromatic carbocycles. The molecule has 1 fully saturated rings. The fraction of sp³-hybridized carbons (Fsp3) is 0.273. The number of carbonyl (C=O) groups excluding carboxylic acids is 2. The summed E-state index contributed by atoms with van der Waals surface area (Å²) in [7, 11) is 0. The lowest BCUT2D eigenvalue weighted by Gasteiger charge is -2.14. The number of rotatable bonds is 7. The topological polar surface area (TPSA) is 101 Å². The van der Waals surface area contributed by atoms with E-state index in [1.54, 1.807) is 12.3 Å². The van der Waals surface area contributed by atoms with E-state index in [1.807, 2.05) is 0 Å². The number of alkyl halides is 3. The van der Waals surface area contributed by atoms with Gasteiger partial charge in [-0.1, -0.05) is 0 Å². The summed E-state index contributed by atoms with van der Waals surface area (Å²) in [5.41, 5.74) is 0.135. The zero-order chi connectivity index (χ0) is 25.2. The van der Waals surface area contributed by atoms with Crippen LogP contribution in [0.25, 0.3) is 5.69 Å². The van der Waals surface area contributed by atoms with E-state index in [9.17, 15) is 27.2 Å². The highest BCUT2D eigenvalue weighted by atomic mass is 19.4. The van der Waals surface area contributed by atoms with E-state index >= 15 is 0 Å². The van der Waals surface area contributed by atoms with Gasteiger partial charge < -0.3 is 19.9 Å². The summed E-state index contributed by atoms with van der Waals surface area (Å²) in [5.74, 6) is -0.625. The van der Waals surface area contributed by atoms with E-state index in [-0.39, 0.29) is 37.0 Å². The number of imidazole rings is 1. The molecule has 0 unspecified atom stereocenters. The lowest BCUT2D eigenvalue weighted by Crippen LogP contribution is -2.33. The Morgan fingerprint density at radius 1 is 1.23 bits per heavy atom. The van der Waals surface area contributed by atoms with E-state index in [0.717, 1.165) is 12.3 Å². The van der Waals surface area contributed by atoms with Crippen molar-refractivity contribution < 1.29 is 31.9 Å². The van der Waals surface area contributed by atoms with Gasteiger partial charge in [-0.3, -0.25) is 9.69 Å². The predicted octanol–water partition coefficient (Wildman–Crippen LogP) is 3.50. The van der Waals surface area contributed by atoms with E-state index in [4.69, 9.17) is 4.74 Å². The molecule has 0 radical (unpaired) electrons. The number of carbonyl (C=O) groups is 2. The Hall–Kier alpha value is -4.16. The maximum atomic E-state index is 14.9. The van der Waals surface area contributed by atoms with Crippen LogP contribution in [0.5, 0.6) is 0 Å². The number of anilines is 2. The molecule has 1 saturated heterocycles. The smallest absolute Gasteiger partial charge is 0.417 e. The van der Waals surface area contributed by atoms with Crippen LogP contribution >= 0.6 is 0 Å². The van der Waals surface area contributed by atoms with Crippen LogP contribution in [0.15, 0.2) is 49.1 Å². The molecule has 0 bridgehead atoms. The summed E-state index contributed by atoms with van der Waals surface area (Å²) >= 11 is 0. The first kappa shape index (κ1) is 24.0. The molecular formula is C22H20F4N6O3. The zero-order valence-corrected chi connectivity index (χ0v) is 18.3. The number of hydrogen-bond acceptors (Lipinski definition) is 6. The Morgan fingerprint density at radius 3 is 2.69 bits per heavy atom. The molecule has 9 nitrogen and oxygen atoms in total. The third-order valence-electron chi connectivity index (χ3n) is 5.15. The Morgan fingerprint density at radius 2 is 2.03 bits per heavy atom. The highest BCUT2D eigenvalue weighted by Gasteiger charge is 2.33. The van der Waals surface area contributed by atoms with Crippen LogP contribution < -0.4 is 15.5 Å². The molecule has 0 aliphatic carbocycles. The second kappa shape index (κ2) is 9.60. The van der Waals surface area contributed by atoms with Gasteiger partial charge >= 0.3 is 12.3 Å². The van der Waals surface area contributed by atoms with Crippen molar-refractivity contribution in [3.8, 4) is 5.69 Å². The average molecular weight is 492 g/mol. The third kappa shape index (κ3) is 5.67. The highest BCUT2D eigenvalue weighted by molar-refractivity contribution is 5.90.